The Morgan fingerprint density at radius 2 is 1.84 bits per heavy atom. The van der Waals surface area contributed by atoms with Crippen molar-refractivity contribution in [1.82, 2.24) is 4.98 Å². The van der Waals surface area contributed by atoms with Crippen LogP contribution in [0.3, 0.4) is 0 Å². The molecule has 0 bridgehead atoms. The molecule has 0 spiro atoms. The van der Waals surface area contributed by atoms with E-state index in [0.29, 0.717) is 15.8 Å². The van der Waals surface area contributed by atoms with Crippen LogP contribution in [0.2, 0.25) is 10.0 Å². The van der Waals surface area contributed by atoms with Gasteiger partial charge in [-0.25, -0.2) is 0 Å². The topological polar surface area (TPSA) is 25.4 Å². The van der Waals surface area contributed by atoms with Crippen molar-refractivity contribution in [2.75, 3.05) is 18.0 Å². The van der Waals surface area contributed by atoms with Crippen LogP contribution in [-0.2, 0) is 0 Å². The first-order valence-corrected chi connectivity index (χ1v) is 9.17. The summed E-state index contributed by atoms with van der Waals surface area (Å²) in [7, 11) is 0. The smallest absolute Gasteiger partial charge is 0.139 e. The number of piperidine rings is 1. The number of benzene rings is 2. The Kier molecular flexibility index (Phi) is 4.69. The first-order chi connectivity index (χ1) is 12.2. The van der Waals surface area contributed by atoms with Gasteiger partial charge in [-0.05, 0) is 36.4 Å². The highest BCUT2D eigenvalue weighted by molar-refractivity contribution is 6.42. The van der Waals surface area contributed by atoms with Crippen LogP contribution < -0.4 is 9.64 Å². The van der Waals surface area contributed by atoms with Gasteiger partial charge in [0.05, 0.1) is 10.5 Å². The van der Waals surface area contributed by atoms with Crippen molar-refractivity contribution < 1.29 is 4.74 Å². The number of fused-ring (bicyclic) bond motifs is 1. The third-order valence-corrected chi connectivity index (χ3v) is 5.41. The Hall–Kier alpha value is -1.97. The maximum Gasteiger partial charge on any atom is 0.139 e. The Balaban J connectivity index is 1.43. The van der Waals surface area contributed by atoms with Crippen LogP contribution in [0.25, 0.3) is 10.9 Å². The van der Waals surface area contributed by atoms with Crippen molar-refractivity contribution >= 4 is 39.8 Å². The molecule has 2 heterocycles. The Morgan fingerprint density at radius 1 is 1.00 bits per heavy atom. The summed E-state index contributed by atoms with van der Waals surface area (Å²) in [5, 5.41) is 2.19. The van der Waals surface area contributed by atoms with E-state index < -0.39 is 0 Å². The maximum atomic E-state index is 6.22. The molecule has 1 fully saturated rings. The standard InChI is InChI=1S/C20H18Cl2N2O/c21-17-4-1-5-19(20(17)22)25-16-8-11-24(12-9-16)15-6-7-18-14(13-15)3-2-10-23-18/h1-7,10,13,16H,8-9,11-12H2. The summed E-state index contributed by atoms with van der Waals surface area (Å²) in [4.78, 5) is 6.77. The van der Waals surface area contributed by atoms with Crippen molar-refractivity contribution in [2.45, 2.75) is 18.9 Å². The van der Waals surface area contributed by atoms with Gasteiger partial charge in [0.25, 0.3) is 0 Å². The SMILES string of the molecule is Clc1cccc(OC2CCN(c3ccc4ncccc4c3)CC2)c1Cl. The van der Waals surface area contributed by atoms with Crippen LogP contribution in [0.15, 0.2) is 54.7 Å². The molecule has 0 saturated carbocycles. The van der Waals surface area contributed by atoms with Crippen molar-refractivity contribution in [3.63, 3.8) is 0 Å². The number of anilines is 1. The van der Waals surface area contributed by atoms with Crippen molar-refractivity contribution in [3.05, 3.63) is 64.8 Å². The molecule has 5 heteroatoms. The van der Waals surface area contributed by atoms with E-state index in [1.54, 1.807) is 6.07 Å². The zero-order chi connectivity index (χ0) is 17.2. The summed E-state index contributed by atoms with van der Waals surface area (Å²) < 4.78 is 6.07. The van der Waals surface area contributed by atoms with Crippen molar-refractivity contribution in [3.8, 4) is 5.75 Å². The zero-order valence-electron chi connectivity index (χ0n) is 13.7. The summed E-state index contributed by atoms with van der Waals surface area (Å²) in [6, 6.07) is 16.0. The van der Waals surface area contributed by atoms with Gasteiger partial charge < -0.3 is 9.64 Å². The maximum absolute atomic E-state index is 6.22. The Morgan fingerprint density at radius 3 is 2.68 bits per heavy atom. The molecule has 4 rings (SSSR count). The number of halogens is 2. The fourth-order valence-corrected chi connectivity index (χ4v) is 3.58. The van der Waals surface area contributed by atoms with E-state index in [2.05, 4.69) is 34.1 Å². The average Bonchev–Trinajstić information content (AvgIpc) is 2.66. The van der Waals surface area contributed by atoms with Gasteiger partial charge in [-0.1, -0.05) is 35.3 Å². The normalized spacial score (nSPS) is 15.5. The van der Waals surface area contributed by atoms with Crippen molar-refractivity contribution in [1.29, 1.82) is 0 Å². The summed E-state index contributed by atoms with van der Waals surface area (Å²) in [5.41, 5.74) is 2.26. The van der Waals surface area contributed by atoms with E-state index >= 15 is 0 Å². The molecule has 0 N–H and O–H groups in total. The number of pyridine rings is 1. The molecular weight excluding hydrogens is 355 g/mol. The van der Waals surface area contributed by atoms with Crippen LogP contribution in [0.4, 0.5) is 5.69 Å². The molecule has 0 unspecified atom stereocenters. The highest BCUT2D eigenvalue weighted by Crippen LogP contribution is 2.33. The minimum Gasteiger partial charge on any atom is -0.489 e. The van der Waals surface area contributed by atoms with Crippen LogP contribution >= 0.6 is 23.2 Å². The zero-order valence-corrected chi connectivity index (χ0v) is 15.2. The molecule has 0 radical (unpaired) electrons. The lowest BCUT2D eigenvalue weighted by Gasteiger charge is -2.34. The molecule has 0 atom stereocenters. The molecule has 1 aliphatic rings. The lowest BCUT2D eigenvalue weighted by Crippen LogP contribution is -2.38. The van der Waals surface area contributed by atoms with E-state index in [1.165, 1.54) is 11.1 Å². The minimum absolute atomic E-state index is 0.161. The summed E-state index contributed by atoms with van der Waals surface area (Å²) in [5.74, 6) is 0.671. The van der Waals surface area contributed by atoms with E-state index in [1.807, 2.05) is 24.4 Å². The molecule has 1 aromatic heterocycles. The monoisotopic (exact) mass is 372 g/mol. The predicted octanol–water partition coefficient (Wildman–Crippen LogP) is 5.59. The molecule has 0 aliphatic carbocycles. The summed E-state index contributed by atoms with van der Waals surface area (Å²) >= 11 is 12.3. The molecule has 25 heavy (non-hydrogen) atoms. The second kappa shape index (κ2) is 7.11. The van der Waals surface area contributed by atoms with Gasteiger partial charge in [0.2, 0.25) is 0 Å². The van der Waals surface area contributed by atoms with E-state index in [-0.39, 0.29) is 6.10 Å². The molecule has 3 aromatic rings. The molecule has 1 aliphatic heterocycles. The summed E-state index contributed by atoms with van der Waals surface area (Å²) in [6.45, 7) is 1.91. The predicted molar refractivity (Wildman–Crippen MR) is 104 cm³/mol. The fraction of sp³-hybridized carbons (Fsp3) is 0.250. The molecule has 1 saturated heterocycles. The third kappa shape index (κ3) is 3.53. The summed E-state index contributed by atoms with van der Waals surface area (Å²) in [6.07, 6.45) is 3.89. The molecule has 128 valence electrons. The third-order valence-electron chi connectivity index (χ3n) is 4.60. The van der Waals surface area contributed by atoms with Gasteiger partial charge in [0, 0.05) is 43.2 Å². The number of nitrogens with zero attached hydrogens (tertiary/aromatic N) is 2. The van der Waals surface area contributed by atoms with Crippen LogP contribution in [-0.4, -0.2) is 24.2 Å². The number of aromatic nitrogens is 1. The van der Waals surface area contributed by atoms with E-state index in [0.717, 1.165) is 31.4 Å². The lowest BCUT2D eigenvalue weighted by molar-refractivity contribution is 0.171. The average molecular weight is 373 g/mol. The highest BCUT2D eigenvalue weighted by atomic mass is 35.5. The first kappa shape index (κ1) is 16.5. The van der Waals surface area contributed by atoms with Crippen LogP contribution in [0, 0.1) is 0 Å². The van der Waals surface area contributed by atoms with Crippen molar-refractivity contribution in [2.24, 2.45) is 0 Å². The molecular formula is C20H18Cl2N2O. The van der Waals surface area contributed by atoms with E-state index in [4.69, 9.17) is 27.9 Å². The van der Waals surface area contributed by atoms with Crippen LogP contribution in [0.5, 0.6) is 5.75 Å². The Labute approximate surface area is 157 Å². The van der Waals surface area contributed by atoms with Gasteiger partial charge in [-0.3, -0.25) is 4.98 Å². The number of hydrogen-bond acceptors (Lipinski definition) is 3. The van der Waals surface area contributed by atoms with Gasteiger partial charge in [-0.2, -0.15) is 0 Å². The first-order valence-electron chi connectivity index (χ1n) is 8.41. The van der Waals surface area contributed by atoms with E-state index in [9.17, 15) is 0 Å². The fourth-order valence-electron chi connectivity index (χ4n) is 3.25. The van der Waals surface area contributed by atoms with Gasteiger partial charge in [-0.15, -0.1) is 0 Å². The number of ether oxygens (including phenoxy) is 1. The highest BCUT2D eigenvalue weighted by Gasteiger charge is 2.22. The second-order valence-electron chi connectivity index (χ2n) is 6.24. The Bertz CT molecular complexity index is 892. The largest absolute Gasteiger partial charge is 0.489 e. The molecule has 3 nitrogen and oxygen atoms in total. The van der Waals surface area contributed by atoms with Crippen LogP contribution in [0.1, 0.15) is 12.8 Å². The lowest BCUT2D eigenvalue weighted by atomic mass is 10.1. The minimum atomic E-state index is 0.161. The van der Waals surface area contributed by atoms with Gasteiger partial charge in [0.1, 0.15) is 16.9 Å². The van der Waals surface area contributed by atoms with Gasteiger partial charge in [0.15, 0.2) is 0 Å². The second-order valence-corrected chi connectivity index (χ2v) is 7.02. The molecule has 0 amide bonds. The molecule has 2 aromatic carbocycles. The van der Waals surface area contributed by atoms with Gasteiger partial charge >= 0.3 is 0 Å². The number of rotatable bonds is 3. The number of hydrogen-bond donors (Lipinski definition) is 0. The quantitative estimate of drug-likeness (QED) is 0.599.